The van der Waals surface area contributed by atoms with E-state index in [9.17, 15) is 4.79 Å². The predicted octanol–water partition coefficient (Wildman–Crippen LogP) is 7.86. The fourth-order valence-corrected chi connectivity index (χ4v) is 6.40. The molecule has 1 aliphatic heterocycles. The van der Waals surface area contributed by atoms with Crippen molar-refractivity contribution in [3.05, 3.63) is 69.6 Å². The third-order valence-electron chi connectivity index (χ3n) is 7.14. The van der Waals surface area contributed by atoms with E-state index in [4.69, 9.17) is 21.3 Å². The highest BCUT2D eigenvalue weighted by atomic mass is 35.5. The fourth-order valence-electron chi connectivity index (χ4n) is 5.16. The fraction of sp³-hybridized carbons (Fsp3) is 0.448. The topological polar surface area (TPSA) is 41.9 Å². The van der Waals surface area contributed by atoms with E-state index < -0.39 is 0 Å². The van der Waals surface area contributed by atoms with E-state index >= 15 is 0 Å². The molecule has 1 heterocycles. The molecule has 2 aromatic rings. The second-order valence-corrected chi connectivity index (χ2v) is 11.2. The van der Waals surface area contributed by atoms with Crippen molar-refractivity contribution in [3.8, 4) is 5.75 Å². The number of amides is 1. The van der Waals surface area contributed by atoms with Gasteiger partial charge in [0.05, 0.1) is 10.9 Å². The molecule has 0 N–H and O–H groups in total. The Kier molecular flexibility index (Phi) is 8.15. The average Bonchev–Trinajstić information content (AvgIpc) is 3.19. The highest BCUT2D eigenvalue weighted by Crippen LogP contribution is 2.38. The standard InChI is InChI=1S/C29H33ClN2O2S/c30-23-15-11-22(12-16-23)20-34-26-17-13-21(14-18-26)19-27-28(33)32(25-9-5-2-6-10-25)29(35-27)31-24-7-3-1-4-8-24/h11-19,24-25H,1-10,20H2. The minimum Gasteiger partial charge on any atom is -0.489 e. The molecule has 3 fully saturated rings. The van der Waals surface area contributed by atoms with Crippen LogP contribution in [0.15, 0.2) is 58.4 Å². The van der Waals surface area contributed by atoms with Gasteiger partial charge in [-0.25, -0.2) is 0 Å². The van der Waals surface area contributed by atoms with Crippen LogP contribution in [0.25, 0.3) is 6.08 Å². The summed E-state index contributed by atoms with van der Waals surface area (Å²) in [7, 11) is 0. The largest absolute Gasteiger partial charge is 0.489 e. The molecule has 2 saturated carbocycles. The molecular weight excluding hydrogens is 476 g/mol. The number of aliphatic imine (C=N–C) groups is 1. The zero-order chi connectivity index (χ0) is 24.0. The molecule has 184 valence electrons. The first-order chi connectivity index (χ1) is 17.2. The molecule has 0 unspecified atom stereocenters. The van der Waals surface area contributed by atoms with Crippen LogP contribution >= 0.6 is 23.4 Å². The van der Waals surface area contributed by atoms with Crippen LogP contribution in [0.4, 0.5) is 0 Å². The SMILES string of the molecule is O=C1C(=Cc2ccc(OCc3ccc(Cl)cc3)cc2)SC(=NC2CCCCC2)N1C1CCCCC1. The Morgan fingerprint density at radius 1 is 0.914 bits per heavy atom. The molecule has 0 bridgehead atoms. The number of thioether (sulfide) groups is 1. The van der Waals surface area contributed by atoms with Gasteiger partial charge in [0.15, 0.2) is 5.17 Å². The van der Waals surface area contributed by atoms with Crippen LogP contribution in [0.5, 0.6) is 5.75 Å². The number of hydrogen-bond acceptors (Lipinski definition) is 4. The van der Waals surface area contributed by atoms with Gasteiger partial charge in [-0.2, -0.15) is 0 Å². The molecule has 2 aliphatic carbocycles. The Morgan fingerprint density at radius 3 is 2.26 bits per heavy atom. The van der Waals surface area contributed by atoms with Gasteiger partial charge in [0.2, 0.25) is 0 Å². The molecule has 4 nitrogen and oxygen atoms in total. The van der Waals surface area contributed by atoms with E-state index in [1.807, 2.05) is 59.5 Å². The van der Waals surface area contributed by atoms with E-state index in [1.165, 1.54) is 38.5 Å². The van der Waals surface area contributed by atoms with E-state index in [-0.39, 0.29) is 5.91 Å². The molecule has 0 atom stereocenters. The smallest absolute Gasteiger partial charge is 0.266 e. The molecule has 2 aromatic carbocycles. The number of ether oxygens (including phenoxy) is 1. The van der Waals surface area contributed by atoms with Gasteiger partial charge in [-0.15, -0.1) is 0 Å². The van der Waals surface area contributed by atoms with Gasteiger partial charge in [-0.1, -0.05) is 74.4 Å². The first-order valence-electron chi connectivity index (χ1n) is 12.9. The van der Waals surface area contributed by atoms with Crippen molar-refractivity contribution in [1.29, 1.82) is 0 Å². The Morgan fingerprint density at radius 2 is 1.57 bits per heavy atom. The van der Waals surface area contributed by atoms with Gasteiger partial charge < -0.3 is 4.74 Å². The highest BCUT2D eigenvalue weighted by Gasteiger charge is 2.39. The van der Waals surface area contributed by atoms with Gasteiger partial charge in [0, 0.05) is 11.1 Å². The summed E-state index contributed by atoms with van der Waals surface area (Å²) >= 11 is 7.52. The molecule has 1 saturated heterocycles. The molecule has 5 rings (SSSR count). The van der Waals surface area contributed by atoms with E-state index in [2.05, 4.69) is 0 Å². The average molecular weight is 509 g/mol. The maximum atomic E-state index is 13.5. The Balaban J connectivity index is 1.30. The van der Waals surface area contributed by atoms with E-state index in [0.29, 0.717) is 18.7 Å². The van der Waals surface area contributed by atoms with E-state index in [1.54, 1.807) is 11.8 Å². The molecular formula is C29H33ClN2O2S. The van der Waals surface area contributed by atoms with Crippen LogP contribution in [0, 0.1) is 0 Å². The van der Waals surface area contributed by atoms with Gasteiger partial charge in [0.25, 0.3) is 5.91 Å². The van der Waals surface area contributed by atoms with Crippen LogP contribution in [0.2, 0.25) is 5.02 Å². The lowest BCUT2D eigenvalue weighted by Gasteiger charge is -2.31. The predicted molar refractivity (Wildman–Crippen MR) is 146 cm³/mol. The summed E-state index contributed by atoms with van der Waals surface area (Å²) in [5.74, 6) is 0.926. The van der Waals surface area contributed by atoms with Crippen molar-refractivity contribution in [3.63, 3.8) is 0 Å². The van der Waals surface area contributed by atoms with Crippen molar-refractivity contribution in [2.24, 2.45) is 4.99 Å². The van der Waals surface area contributed by atoms with Gasteiger partial charge in [-0.05, 0) is 78.9 Å². The molecule has 35 heavy (non-hydrogen) atoms. The summed E-state index contributed by atoms with van der Waals surface area (Å²) in [4.78, 5) is 21.5. The minimum absolute atomic E-state index is 0.125. The summed E-state index contributed by atoms with van der Waals surface area (Å²) in [6, 6.07) is 16.3. The van der Waals surface area contributed by atoms with E-state index in [0.717, 1.165) is 57.7 Å². The van der Waals surface area contributed by atoms with Crippen molar-refractivity contribution in [1.82, 2.24) is 4.90 Å². The van der Waals surface area contributed by atoms with Gasteiger partial charge >= 0.3 is 0 Å². The third-order valence-corrected chi connectivity index (χ3v) is 8.39. The Labute approximate surface area is 217 Å². The lowest BCUT2D eigenvalue weighted by molar-refractivity contribution is -0.124. The first kappa shape index (κ1) is 24.5. The van der Waals surface area contributed by atoms with Crippen LogP contribution < -0.4 is 4.74 Å². The molecule has 1 amide bonds. The lowest BCUT2D eigenvalue weighted by Crippen LogP contribution is -2.41. The van der Waals surface area contributed by atoms with Crippen molar-refractivity contribution >= 4 is 40.5 Å². The van der Waals surface area contributed by atoms with Crippen LogP contribution in [0.3, 0.4) is 0 Å². The number of halogens is 1. The molecule has 0 radical (unpaired) electrons. The van der Waals surface area contributed by atoms with Crippen molar-refractivity contribution in [2.75, 3.05) is 0 Å². The second kappa shape index (κ2) is 11.7. The zero-order valence-corrected chi connectivity index (χ0v) is 21.7. The lowest BCUT2D eigenvalue weighted by atomic mass is 9.94. The zero-order valence-electron chi connectivity index (χ0n) is 20.1. The number of nitrogens with zero attached hydrogens (tertiary/aromatic N) is 2. The first-order valence-corrected chi connectivity index (χ1v) is 14.1. The Bertz CT molecular complexity index is 1070. The summed E-state index contributed by atoms with van der Waals surface area (Å²) in [6.45, 7) is 0.489. The summed E-state index contributed by atoms with van der Waals surface area (Å²) in [6.07, 6.45) is 14.0. The third kappa shape index (κ3) is 6.31. The van der Waals surface area contributed by atoms with Crippen molar-refractivity contribution < 1.29 is 9.53 Å². The number of carbonyl (C=O) groups excluding carboxylic acids is 1. The molecule has 3 aliphatic rings. The van der Waals surface area contributed by atoms with Gasteiger partial charge in [0.1, 0.15) is 12.4 Å². The minimum atomic E-state index is 0.125. The summed E-state index contributed by atoms with van der Waals surface area (Å²) in [5, 5.41) is 1.66. The normalized spacial score (nSPS) is 22.3. The van der Waals surface area contributed by atoms with Gasteiger partial charge in [-0.3, -0.25) is 14.7 Å². The number of benzene rings is 2. The maximum absolute atomic E-state index is 13.5. The monoisotopic (exact) mass is 508 g/mol. The maximum Gasteiger partial charge on any atom is 0.266 e. The molecule has 0 spiro atoms. The summed E-state index contributed by atoms with van der Waals surface area (Å²) < 4.78 is 5.91. The summed E-state index contributed by atoms with van der Waals surface area (Å²) in [5.41, 5.74) is 2.07. The second-order valence-electron chi connectivity index (χ2n) is 9.77. The van der Waals surface area contributed by atoms with Crippen LogP contribution in [-0.4, -0.2) is 28.1 Å². The van der Waals surface area contributed by atoms with Crippen LogP contribution in [-0.2, 0) is 11.4 Å². The number of rotatable bonds is 6. The Hall–Kier alpha value is -2.24. The van der Waals surface area contributed by atoms with Crippen LogP contribution in [0.1, 0.15) is 75.3 Å². The highest BCUT2D eigenvalue weighted by molar-refractivity contribution is 8.18. The quantitative estimate of drug-likeness (QED) is 0.373. The number of carbonyl (C=O) groups is 1. The molecule has 0 aromatic heterocycles. The van der Waals surface area contributed by atoms with Crippen molar-refractivity contribution in [2.45, 2.75) is 82.9 Å². The number of hydrogen-bond donors (Lipinski definition) is 0. The molecule has 6 heteroatoms. The number of amidine groups is 1.